The summed E-state index contributed by atoms with van der Waals surface area (Å²) in [6, 6.07) is 3.64. The first-order valence-corrected chi connectivity index (χ1v) is 30.9. The molecule has 3 fully saturated rings. The Hall–Kier alpha value is -5.45. The van der Waals surface area contributed by atoms with Gasteiger partial charge in [0.25, 0.3) is 0 Å². The summed E-state index contributed by atoms with van der Waals surface area (Å²) in [6.07, 6.45) is 2.70. The highest BCUT2D eigenvalue weighted by atomic mass is 32.2. The summed E-state index contributed by atoms with van der Waals surface area (Å²) in [4.78, 5) is 132. The molecule has 1 aromatic rings. The van der Waals surface area contributed by atoms with Crippen LogP contribution in [0.15, 0.2) is 18.2 Å². The molecule has 25 nitrogen and oxygen atoms in total. The number of ketones is 1. The first kappa shape index (κ1) is 69.0. The second-order valence-electron chi connectivity index (χ2n) is 22.2. The average molecular weight is 1190 g/mol. The van der Waals surface area contributed by atoms with Crippen molar-refractivity contribution in [3.05, 3.63) is 29.6 Å². The number of aliphatic carboxylic acids is 3. The maximum atomic E-state index is 14.7. The van der Waals surface area contributed by atoms with Crippen LogP contribution in [-0.4, -0.2) is 255 Å². The van der Waals surface area contributed by atoms with Crippen LogP contribution in [0.5, 0.6) is 0 Å². The Bertz CT molecular complexity index is 2270. The van der Waals surface area contributed by atoms with E-state index in [4.69, 9.17) is 10.4 Å². The monoisotopic (exact) mass is 1190 g/mol. The molecule has 5 amide bonds. The molecule has 4 heterocycles. The highest BCUT2D eigenvalue weighted by Crippen LogP contribution is 2.26. The number of hydrogen-bond donors (Lipinski definition) is 8. The first-order valence-electron chi connectivity index (χ1n) is 28.6. The number of amides is 5. The lowest BCUT2D eigenvalue weighted by atomic mass is 9.85. The van der Waals surface area contributed by atoms with Crippen LogP contribution in [-0.2, 0) is 54.7 Å². The van der Waals surface area contributed by atoms with Gasteiger partial charge in [-0.1, -0.05) is 40.2 Å². The summed E-state index contributed by atoms with van der Waals surface area (Å²) < 4.78 is 0. The Kier molecular flexibility index (Phi) is 30.0. The van der Waals surface area contributed by atoms with Crippen molar-refractivity contribution in [2.45, 2.75) is 121 Å². The van der Waals surface area contributed by atoms with Crippen LogP contribution in [0.1, 0.15) is 97.4 Å². The third kappa shape index (κ3) is 25.6. The number of hydrogen-bond acceptors (Lipinski definition) is 19. The lowest BCUT2D eigenvalue weighted by Gasteiger charge is -2.42. The van der Waals surface area contributed by atoms with Gasteiger partial charge < -0.3 is 52.0 Å². The molecule has 3 aliphatic rings. The number of nitrogens with zero attached hydrogens (tertiary/aromatic N) is 7. The molecule has 0 aliphatic carbocycles. The van der Waals surface area contributed by atoms with E-state index in [1.54, 1.807) is 45.2 Å². The number of rotatable bonds is 31. The van der Waals surface area contributed by atoms with Crippen LogP contribution < -0.4 is 26.4 Å². The van der Waals surface area contributed by atoms with E-state index in [0.29, 0.717) is 42.4 Å². The summed E-state index contributed by atoms with van der Waals surface area (Å²) in [7, 11) is 0. The number of piperidine rings is 2. The highest BCUT2D eigenvalue weighted by molar-refractivity contribution is 7.98. The van der Waals surface area contributed by atoms with Gasteiger partial charge >= 0.3 is 17.9 Å². The molecule has 1 aromatic heterocycles. The molecular weight excluding hydrogens is 1100 g/mol. The molecule has 4 rings (SSSR count). The molecule has 460 valence electrons. The molecule has 0 spiro atoms. The molecule has 3 atom stereocenters. The van der Waals surface area contributed by atoms with Crippen molar-refractivity contribution in [1.29, 1.82) is 5.41 Å². The Morgan fingerprint density at radius 3 is 1.59 bits per heavy atom. The van der Waals surface area contributed by atoms with Gasteiger partial charge in [-0.2, -0.15) is 23.5 Å². The fraction of sp³-hybridized carbons (Fsp3) is 0.727. The zero-order chi connectivity index (χ0) is 60.4. The third-order valence-corrected chi connectivity index (χ3v) is 17.0. The lowest BCUT2D eigenvalue weighted by Crippen LogP contribution is -2.66. The van der Waals surface area contributed by atoms with E-state index in [-0.39, 0.29) is 153 Å². The van der Waals surface area contributed by atoms with E-state index < -0.39 is 59.1 Å². The molecule has 0 bridgehead atoms. The number of carboxylic acid groups (broad SMARTS) is 3. The molecule has 1 unspecified atom stereocenters. The van der Waals surface area contributed by atoms with Gasteiger partial charge in [0.05, 0.1) is 50.2 Å². The van der Waals surface area contributed by atoms with E-state index in [1.165, 1.54) is 11.8 Å². The van der Waals surface area contributed by atoms with E-state index in [0.717, 1.165) is 37.3 Å². The molecule has 3 saturated heterocycles. The van der Waals surface area contributed by atoms with Crippen molar-refractivity contribution < 1.29 is 63.6 Å². The lowest BCUT2D eigenvalue weighted by molar-refractivity contribution is -0.224. The van der Waals surface area contributed by atoms with Gasteiger partial charge in [-0.25, -0.2) is 0 Å². The topological polar surface area (TPSA) is 342 Å². The molecule has 0 saturated carbocycles. The molecule has 0 aromatic carbocycles. The third-order valence-electron chi connectivity index (χ3n) is 15.0. The Labute approximate surface area is 490 Å². The van der Waals surface area contributed by atoms with Gasteiger partial charge in [-0.3, -0.25) is 72.6 Å². The van der Waals surface area contributed by atoms with E-state index in [2.05, 4.69) is 26.2 Å². The largest absolute Gasteiger partial charge is 0.861 e. The van der Waals surface area contributed by atoms with Gasteiger partial charge in [0.15, 0.2) is 0 Å². The van der Waals surface area contributed by atoms with Crippen molar-refractivity contribution in [2.24, 2.45) is 11.8 Å². The predicted molar refractivity (Wildman–Crippen MR) is 310 cm³/mol. The highest BCUT2D eigenvalue weighted by Gasteiger charge is 2.45. The zero-order valence-corrected chi connectivity index (χ0v) is 50.1. The van der Waals surface area contributed by atoms with Crippen molar-refractivity contribution >= 4 is 82.6 Å². The van der Waals surface area contributed by atoms with Crippen molar-refractivity contribution in [1.82, 2.24) is 55.7 Å². The zero-order valence-electron chi connectivity index (χ0n) is 48.5. The predicted octanol–water partition coefficient (Wildman–Crippen LogP) is -0.150. The number of aromatic nitrogens is 1. The van der Waals surface area contributed by atoms with Gasteiger partial charge in [-0.15, -0.1) is 0 Å². The number of thioether (sulfide) groups is 2. The minimum absolute atomic E-state index is 0.00699. The standard InChI is InChI=1S/C55H90N12O13S2/c1-6-39(4)51(52(56)78)60-53(79)44(30-38(2)3)59-54(80)55(61-46(70)13-29-82-37-43-9-7-8-42(57-43)36-81-28-12-45(69)58-41-10-16-62(17-11-41)31-40(5)68)14-18-67(19-15-55)47(71)32-63-20-22-64(33-48(72)73)24-26-66(35-50(76)77)27-25-65(23-21-63)34-49(74)75/h7-9,38-39,41,44,51H,6,10-37H2,1-5H3,(H2,56,78)(H,58,69)(H,59,80)(H,60,79)(H,61,70)(H,72,73)(H,74,75)(H,76,77)/p-1/t39-,44?,51-/m0/s1. The van der Waals surface area contributed by atoms with E-state index in [1.807, 2.05) is 43.9 Å². The molecule has 8 N–H and O–H groups in total. The van der Waals surface area contributed by atoms with Crippen LogP contribution in [0, 0.1) is 17.2 Å². The van der Waals surface area contributed by atoms with E-state index in [9.17, 15) is 63.6 Å². The summed E-state index contributed by atoms with van der Waals surface area (Å²) in [5.41, 5.74) is 0.114. The smallest absolute Gasteiger partial charge is 0.317 e. The van der Waals surface area contributed by atoms with Gasteiger partial charge in [0, 0.05) is 120 Å². The minimum atomic E-state index is -1.56. The average Bonchev–Trinajstić information content (AvgIpc) is 3.43. The van der Waals surface area contributed by atoms with Gasteiger partial charge in [0.2, 0.25) is 29.5 Å². The summed E-state index contributed by atoms with van der Waals surface area (Å²) in [5, 5.41) is 60.8. The quantitative estimate of drug-likeness (QED) is 0.0272. The fourth-order valence-corrected chi connectivity index (χ4v) is 11.8. The maximum absolute atomic E-state index is 14.7. The normalized spacial score (nSPS) is 18.7. The van der Waals surface area contributed by atoms with Gasteiger partial charge in [-0.05, 0) is 68.9 Å². The Morgan fingerprint density at radius 2 is 1.15 bits per heavy atom. The van der Waals surface area contributed by atoms with Crippen LogP contribution >= 0.6 is 23.5 Å². The first-order chi connectivity index (χ1) is 38.9. The Balaban J connectivity index is 1.42. The van der Waals surface area contributed by atoms with Crippen LogP contribution in [0.3, 0.4) is 0 Å². The van der Waals surface area contributed by atoms with Gasteiger partial charge in [0.1, 0.15) is 17.4 Å². The van der Waals surface area contributed by atoms with Crippen molar-refractivity contribution in [2.75, 3.05) is 123 Å². The second kappa shape index (κ2) is 35.6. The van der Waals surface area contributed by atoms with Crippen molar-refractivity contribution in [3.63, 3.8) is 0 Å². The minimum Gasteiger partial charge on any atom is -0.861 e. The number of nitrogens with one attached hydrogen (secondary N) is 5. The fourth-order valence-electron chi connectivity index (χ4n) is 10.1. The van der Waals surface area contributed by atoms with Crippen LogP contribution in [0.4, 0.5) is 0 Å². The molecule has 27 heteroatoms. The summed E-state index contributed by atoms with van der Waals surface area (Å²) in [6.45, 7) is 11.6. The SMILES string of the molecule is CC[C@H](C)[C@H](NC(=O)C(CC(C)C)NC(=O)C1(NC(=O)CCSCc2cccc(CSCCC(=O)NC3CCN(CC(C)=O)CC3)n2)CCN(C(=O)CN2CCN(CC(=O)O)CCN(CC(=O)O)CCN(CC(=O)O)CC2)CC1)C(=N)[O-]. The molecule has 0 radical (unpaired) electrons. The Morgan fingerprint density at radius 1 is 0.683 bits per heavy atom. The number of Topliss-reactive ketones (excluding diaryl/α,β-unsaturated/α-hetero) is 1. The summed E-state index contributed by atoms with van der Waals surface area (Å²) >= 11 is 3.11. The number of pyridine rings is 1. The molecule has 3 aliphatic heterocycles. The summed E-state index contributed by atoms with van der Waals surface area (Å²) in [5.74, 6) is -4.38. The van der Waals surface area contributed by atoms with Crippen LogP contribution in [0.25, 0.3) is 0 Å². The second-order valence-corrected chi connectivity index (χ2v) is 24.4. The molecule has 82 heavy (non-hydrogen) atoms. The number of carboxylic acids is 3. The maximum Gasteiger partial charge on any atom is 0.317 e. The number of carbonyl (C=O) groups is 9. The number of likely N-dealkylation sites (tertiary alicyclic amines) is 2. The van der Waals surface area contributed by atoms with Crippen molar-refractivity contribution in [3.8, 4) is 0 Å². The molecular formula is C55H89N12O13S2-. The van der Waals surface area contributed by atoms with Crippen LogP contribution in [0.2, 0.25) is 0 Å². The van der Waals surface area contributed by atoms with E-state index >= 15 is 0 Å². The number of carbonyl (C=O) groups excluding carboxylic acids is 6.